The number of anilines is 1. The van der Waals surface area contributed by atoms with E-state index in [0.29, 0.717) is 5.69 Å². The number of benzene rings is 1. The van der Waals surface area contributed by atoms with E-state index in [9.17, 15) is 9.59 Å². The number of ether oxygens (including phenoxy) is 3. The number of hydrogen-bond acceptors (Lipinski definition) is 6. The van der Waals surface area contributed by atoms with Crippen molar-refractivity contribution in [3.63, 3.8) is 0 Å². The Kier molecular flexibility index (Phi) is 4.59. The number of hydrogen-bond donors (Lipinski definition) is 2. The first-order chi connectivity index (χ1) is 12.7. The summed E-state index contributed by atoms with van der Waals surface area (Å²) in [5.74, 6) is -0.111. The van der Waals surface area contributed by atoms with E-state index in [4.69, 9.17) is 18.6 Å². The second kappa shape index (κ2) is 7.19. The van der Waals surface area contributed by atoms with Gasteiger partial charge in [0.25, 0.3) is 5.91 Å². The van der Waals surface area contributed by atoms with Crippen LogP contribution in [-0.4, -0.2) is 49.6 Å². The number of carbonyl (C=O) groups is 2. The molecule has 8 heteroatoms. The predicted molar refractivity (Wildman–Crippen MR) is 89.8 cm³/mol. The molecule has 0 saturated carbocycles. The minimum Gasteiger partial charge on any atom is -0.459 e. The zero-order chi connectivity index (χ0) is 17.9. The Bertz CT molecular complexity index is 763. The molecule has 2 saturated heterocycles. The third-order valence-electron chi connectivity index (χ3n) is 4.35. The minimum absolute atomic E-state index is 0.213. The largest absolute Gasteiger partial charge is 0.459 e. The molecule has 3 heterocycles. The van der Waals surface area contributed by atoms with Crippen molar-refractivity contribution < 1.29 is 28.2 Å². The maximum Gasteiger partial charge on any atom is 0.412 e. The molecule has 0 radical (unpaired) electrons. The average molecular weight is 358 g/mol. The molecule has 4 atom stereocenters. The molecule has 4 rings (SSSR count). The third-order valence-corrected chi connectivity index (χ3v) is 4.35. The lowest BCUT2D eigenvalue weighted by Gasteiger charge is -2.17. The standard InChI is InChI=1S/C18H18N2O6/c21-17(13-7-4-8-23-13)20-12-9-24-16-14(10-25-15(12)16)26-18(22)19-11-5-2-1-3-6-11/h1-8,12,14-16H,9-10H2,(H,19,22)(H,20,21)/t12-,14+,15+,16+/m0/s1. The maximum absolute atomic E-state index is 12.1. The van der Waals surface area contributed by atoms with Gasteiger partial charge in [-0.05, 0) is 24.3 Å². The normalized spacial score (nSPS) is 26.9. The van der Waals surface area contributed by atoms with Crippen LogP contribution < -0.4 is 10.6 Å². The highest BCUT2D eigenvalue weighted by Gasteiger charge is 2.50. The van der Waals surface area contributed by atoms with Gasteiger partial charge in [0.05, 0.1) is 25.5 Å². The van der Waals surface area contributed by atoms with Crippen molar-refractivity contribution >= 4 is 17.7 Å². The maximum atomic E-state index is 12.1. The van der Waals surface area contributed by atoms with Crippen LogP contribution in [0.15, 0.2) is 53.1 Å². The Morgan fingerprint density at radius 3 is 2.58 bits per heavy atom. The number of rotatable bonds is 4. The van der Waals surface area contributed by atoms with Gasteiger partial charge in [-0.15, -0.1) is 0 Å². The number of para-hydroxylation sites is 1. The van der Waals surface area contributed by atoms with Crippen molar-refractivity contribution in [3.05, 3.63) is 54.5 Å². The van der Waals surface area contributed by atoms with Gasteiger partial charge in [-0.2, -0.15) is 0 Å². The SMILES string of the molecule is O=C(Nc1ccccc1)O[C@@H]1CO[C@H]2[C@@H]1OC[C@@H]2NC(=O)c1ccco1. The van der Waals surface area contributed by atoms with Crippen LogP contribution in [0.4, 0.5) is 10.5 Å². The van der Waals surface area contributed by atoms with Crippen molar-refractivity contribution in [3.8, 4) is 0 Å². The highest BCUT2D eigenvalue weighted by atomic mass is 16.6. The van der Waals surface area contributed by atoms with Gasteiger partial charge in [0, 0.05) is 5.69 Å². The molecule has 8 nitrogen and oxygen atoms in total. The number of carbonyl (C=O) groups excluding carboxylic acids is 2. The van der Waals surface area contributed by atoms with Crippen LogP contribution in [0.1, 0.15) is 10.6 Å². The minimum atomic E-state index is -0.572. The van der Waals surface area contributed by atoms with Crippen molar-refractivity contribution in [2.45, 2.75) is 24.4 Å². The van der Waals surface area contributed by atoms with Crippen LogP contribution >= 0.6 is 0 Å². The average Bonchev–Trinajstić information content (AvgIpc) is 3.36. The van der Waals surface area contributed by atoms with E-state index >= 15 is 0 Å². The first-order valence-corrected chi connectivity index (χ1v) is 8.31. The Labute approximate surface area is 149 Å². The molecule has 0 aliphatic carbocycles. The van der Waals surface area contributed by atoms with E-state index in [1.54, 1.807) is 24.3 Å². The fourth-order valence-corrected chi connectivity index (χ4v) is 3.14. The highest BCUT2D eigenvalue weighted by Crippen LogP contribution is 2.29. The van der Waals surface area contributed by atoms with Crippen LogP contribution in [0.25, 0.3) is 0 Å². The van der Waals surface area contributed by atoms with Gasteiger partial charge in [0.2, 0.25) is 0 Å². The van der Waals surface area contributed by atoms with Gasteiger partial charge in [-0.3, -0.25) is 10.1 Å². The van der Waals surface area contributed by atoms with Crippen molar-refractivity contribution in [1.29, 1.82) is 0 Å². The molecule has 0 unspecified atom stereocenters. The molecule has 2 amide bonds. The lowest BCUT2D eigenvalue weighted by molar-refractivity contribution is 0.00860. The molecule has 1 aromatic carbocycles. The molecule has 2 fully saturated rings. The lowest BCUT2D eigenvalue weighted by atomic mass is 10.1. The lowest BCUT2D eigenvalue weighted by Crippen LogP contribution is -2.44. The summed E-state index contributed by atoms with van der Waals surface area (Å²) in [5, 5.41) is 5.48. The first-order valence-electron chi connectivity index (χ1n) is 8.31. The number of amides is 2. The van der Waals surface area contributed by atoms with Crippen molar-refractivity contribution in [1.82, 2.24) is 5.32 Å². The molecule has 2 aliphatic heterocycles. The van der Waals surface area contributed by atoms with Crippen LogP contribution in [0.5, 0.6) is 0 Å². The molecular weight excluding hydrogens is 340 g/mol. The van der Waals surface area contributed by atoms with E-state index in [-0.39, 0.29) is 37.0 Å². The molecule has 2 aliphatic rings. The van der Waals surface area contributed by atoms with Gasteiger partial charge in [-0.1, -0.05) is 18.2 Å². The summed E-state index contributed by atoms with van der Waals surface area (Å²) >= 11 is 0. The predicted octanol–water partition coefficient (Wildman–Crippen LogP) is 1.79. The molecule has 0 bridgehead atoms. The summed E-state index contributed by atoms with van der Waals surface area (Å²) < 4.78 is 21.9. The van der Waals surface area contributed by atoms with Gasteiger partial charge in [0.1, 0.15) is 12.2 Å². The number of furan rings is 1. The molecule has 2 N–H and O–H groups in total. The van der Waals surface area contributed by atoms with Crippen molar-refractivity contribution in [2.75, 3.05) is 18.5 Å². The Morgan fingerprint density at radius 2 is 1.81 bits per heavy atom. The number of nitrogens with one attached hydrogen (secondary N) is 2. The fraction of sp³-hybridized carbons (Fsp3) is 0.333. The van der Waals surface area contributed by atoms with Crippen molar-refractivity contribution in [2.24, 2.45) is 0 Å². The molecular formula is C18H18N2O6. The zero-order valence-electron chi connectivity index (χ0n) is 13.8. The van der Waals surface area contributed by atoms with E-state index < -0.39 is 18.3 Å². The van der Waals surface area contributed by atoms with E-state index in [1.165, 1.54) is 6.26 Å². The van der Waals surface area contributed by atoms with E-state index in [2.05, 4.69) is 10.6 Å². The summed E-state index contributed by atoms with van der Waals surface area (Å²) in [6.45, 7) is 0.493. The smallest absolute Gasteiger partial charge is 0.412 e. The summed E-state index contributed by atoms with van der Waals surface area (Å²) in [6.07, 6.45) is -0.460. The van der Waals surface area contributed by atoms with Gasteiger partial charge < -0.3 is 23.9 Å². The van der Waals surface area contributed by atoms with Gasteiger partial charge in [-0.25, -0.2) is 4.79 Å². The quantitative estimate of drug-likeness (QED) is 0.865. The van der Waals surface area contributed by atoms with Crippen LogP contribution in [0, 0.1) is 0 Å². The van der Waals surface area contributed by atoms with Gasteiger partial charge >= 0.3 is 6.09 Å². The second-order valence-corrected chi connectivity index (χ2v) is 6.09. The summed E-state index contributed by atoms with van der Waals surface area (Å²) in [7, 11) is 0. The zero-order valence-corrected chi connectivity index (χ0v) is 13.8. The highest BCUT2D eigenvalue weighted by molar-refractivity contribution is 5.91. The Hall–Kier alpha value is -2.84. The molecule has 1 aromatic heterocycles. The molecule has 136 valence electrons. The summed E-state index contributed by atoms with van der Waals surface area (Å²) in [6, 6.07) is 11.9. The molecule has 2 aromatic rings. The van der Waals surface area contributed by atoms with Crippen LogP contribution in [0.2, 0.25) is 0 Å². The summed E-state index contributed by atoms with van der Waals surface area (Å²) in [4.78, 5) is 24.1. The molecule has 26 heavy (non-hydrogen) atoms. The van der Waals surface area contributed by atoms with E-state index in [0.717, 1.165) is 0 Å². The van der Waals surface area contributed by atoms with Gasteiger partial charge in [0.15, 0.2) is 11.9 Å². The topological polar surface area (TPSA) is 99.0 Å². The van der Waals surface area contributed by atoms with Crippen LogP contribution in [0.3, 0.4) is 0 Å². The second-order valence-electron chi connectivity index (χ2n) is 6.09. The first kappa shape index (κ1) is 16.6. The van der Waals surface area contributed by atoms with Crippen LogP contribution in [-0.2, 0) is 14.2 Å². The summed E-state index contributed by atoms with van der Waals surface area (Å²) in [5.41, 5.74) is 0.642. The monoisotopic (exact) mass is 358 g/mol. The fourth-order valence-electron chi connectivity index (χ4n) is 3.14. The third kappa shape index (κ3) is 3.42. The Morgan fingerprint density at radius 1 is 1.00 bits per heavy atom. The Balaban J connectivity index is 1.32. The molecule has 0 spiro atoms. The number of fused-ring (bicyclic) bond motifs is 1. The van der Waals surface area contributed by atoms with E-state index in [1.807, 2.05) is 18.2 Å².